The third kappa shape index (κ3) is 3.43. The van der Waals surface area contributed by atoms with Crippen LogP contribution in [0.5, 0.6) is 0 Å². The first-order valence-corrected chi connectivity index (χ1v) is 8.12. The number of hydrogen-bond donors (Lipinski definition) is 0. The molecule has 0 spiro atoms. The second kappa shape index (κ2) is 6.48. The van der Waals surface area contributed by atoms with Gasteiger partial charge in [0.15, 0.2) is 5.43 Å². The Morgan fingerprint density at radius 3 is 2.04 bits per heavy atom. The van der Waals surface area contributed by atoms with Crippen LogP contribution >= 0.6 is 0 Å². The van der Waals surface area contributed by atoms with Gasteiger partial charge in [-0.25, -0.2) is 0 Å². The first-order chi connectivity index (χ1) is 12.2. The van der Waals surface area contributed by atoms with Gasteiger partial charge in [-0.3, -0.25) is 4.79 Å². The average Bonchev–Trinajstić information content (AvgIpc) is 2.58. The SMILES string of the molecule is Cc1ccc(-c2cn(C)cc(-c3cccc(C(F)(F)F)c3)c2=O)cc1C. The zero-order valence-electron chi connectivity index (χ0n) is 14.7. The van der Waals surface area contributed by atoms with Crippen molar-refractivity contribution < 1.29 is 13.2 Å². The molecule has 5 heteroatoms. The van der Waals surface area contributed by atoms with Crippen molar-refractivity contribution in [2.45, 2.75) is 20.0 Å². The zero-order valence-corrected chi connectivity index (χ0v) is 14.7. The number of aryl methyl sites for hydroxylation is 3. The largest absolute Gasteiger partial charge is 0.416 e. The number of nitrogens with zero attached hydrogens (tertiary/aromatic N) is 1. The maximum Gasteiger partial charge on any atom is 0.416 e. The number of alkyl halides is 3. The molecule has 0 saturated carbocycles. The average molecular weight is 357 g/mol. The number of benzene rings is 2. The van der Waals surface area contributed by atoms with Crippen molar-refractivity contribution in [2.75, 3.05) is 0 Å². The van der Waals surface area contributed by atoms with Crippen LogP contribution < -0.4 is 5.43 Å². The fourth-order valence-electron chi connectivity index (χ4n) is 2.89. The van der Waals surface area contributed by atoms with Gasteiger partial charge in [-0.1, -0.05) is 30.3 Å². The molecule has 0 unspecified atom stereocenters. The zero-order chi connectivity index (χ0) is 19.1. The van der Waals surface area contributed by atoms with Crippen molar-refractivity contribution >= 4 is 0 Å². The Balaban J connectivity index is 2.20. The summed E-state index contributed by atoms with van der Waals surface area (Å²) in [6.45, 7) is 3.94. The van der Waals surface area contributed by atoms with Crippen LogP contribution in [0.3, 0.4) is 0 Å². The Labute approximate surface area is 149 Å². The van der Waals surface area contributed by atoms with Gasteiger partial charge in [0, 0.05) is 30.6 Å². The molecule has 2 aromatic carbocycles. The highest BCUT2D eigenvalue weighted by Gasteiger charge is 2.30. The lowest BCUT2D eigenvalue weighted by Gasteiger charge is -2.12. The highest BCUT2D eigenvalue weighted by atomic mass is 19.4. The van der Waals surface area contributed by atoms with Crippen LogP contribution in [0.4, 0.5) is 13.2 Å². The van der Waals surface area contributed by atoms with Crippen molar-refractivity contribution in [1.82, 2.24) is 4.57 Å². The van der Waals surface area contributed by atoms with E-state index in [1.165, 1.54) is 12.1 Å². The molecule has 3 aromatic rings. The Hall–Kier alpha value is -2.82. The van der Waals surface area contributed by atoms with Gasteiger partial charge in [0.05, 0.1) is 5.56 Å². The van der Waals surface area contributed by atoms with Crippen molar-refractivity contribution in [3.8, 4) is 22.3 Å². The summed E-state index contributed by atoms with van der Waals surface area (Å²) in [5.41, 5.74) is 2.82. The number of rotatable bonds is 2. The molecule has 0 amide bonds. The highest BCUT2D eigenvalue weighted by molar-refractivity contribution is 5.72. The van der Waals surface area contributed by atoms with Gasteiger partial charge in [-0.2, -0.15) is 13.2 Å². The smallest absolute Gasteiger partial charge is 0.356 e. The second-order valence-electron chi connectivity index (χ2n) is 6.46. The molecule has 1 heterocycles. The first kappa shape index (κ1) is 18.0. The molecule has 0 N–H and O–H groups in total. The van der Waals surface area contributed by atoms with Gasteiger partial charge in [-0.05, 0) is 48.2 Å². The van der Waals surface area contributed by atoms with Gasteiger partial charge < -0.3 is 4.57 Å². The molecule has 0 aliphatic rings. The van der Waals surface area contributed by atoms with Crippen molar-refractivity contribution in [3.63, 3.8) is 0 Å². The third-order valence-electron chi connectivity index (χ3n) is 4.47. The minimum Gasteiger partial charge on any atom is -0.356 e. The quantitative estimate of drug-likeness (QED) is 0.606. The number of pyridine rings is 1. The molecular weight excluding hydrogens is 339 g/mol. The van der Waals surface area contributed by atoms with Crippen molar-refractivity contribution in [1.29, 1.82) is 0 Å². The molecule has 134 valence electrons. The molecule has 0 radical (unpaired) electrons. The molecule has 0 aliphatic carbocycles. The number of halogens is 3. The van der Waals surface area contributed by atoms with Crippen molar-refractivity contribution in [2.24, 2.45) is 7.05 Å². The van der Waals surface area contributed by atoms with Crippen LogP contribution in [0, 0.1) is 13.8 Å². The minimum absolute atomic E-state index is 0.245. The summed E-state index contributed by atoms with van der Waals surface area (Å²) in [5.74, 6) is 0. The van der Waals surface area contributed by atoms with E-state index in [2.05, 4.69) is 0 Å². The Kier molecular flexibility index (Phi) is 4.48. The highest BCUT2D eigenvalue weighted by Crippen LogP contribution is 2.32. The summed E-state index contributed by atoms with van der Waals surface area (Å²) in [6, 6.07) is 10.6. The second-order valence-corrected chi connectivity index (χ2v) is 6.46. The summed E-state index contributed by atoms with van der Waals surface area (Å²) in [7, 11) is 1.75. The van der Waals surface area contributed by atoms with Crippen LogP contribution in [0.1, 0.15) is 16.7 Å². The summed E-state index contributed by atoms with van der Waals surface area (Å²) >= 11 is 0. The molecule has 26 heavy (non-hydrogen) atoms. The maximum atomic E-state index is 13.0. The van der Waals surface area contributed by atoms with E-state index in [9.17, 15) is 18.0 Å². The molecule has 1 aromatic heterocycles. The maximum absolute atomic E-state index is 13.0. The van der Waals surface area contributed by atoms with Gasteiger partial charge in [0.1, 0.15) is 0 Å². The Morgan fingerprint density at radius 2 is 1.46 bits per heavy atom. The summed E-state index contributed by atoms with van der Waals surface area (Å²) in [6.07, 6.45) is -1.20. The topological polar surface area (TPSA) is 22.0 Å². The predicted octanol–water partition coefficient (Wildman–Crippen LogP) is 5.35. The standard InChI is InChI=1S/C21H18F3NO/c1-13-7-8-16(9-14(13)2)19-12-25(3)11-18(20(19)26)15-5-4-6-17(10-15)21(22,23)24/h4-12H,1-3H3. The lowest BCUT2D eigenvalue weighted by Crippen LogP contribution is -2.12. The summed E-state index contributed by atoms with van der Waals surface area (Å²) in [5, 5.41) is 0. The first-order valence-electron chi connectivity index (χ1n) is 8.12. The summed E-state index contributed by atoms with van der Waals surface area (Å²) < 4.78 is 40.7. The minimum atomic E-state index is -4.45. The van der Waals surface area contributed by atoms with E-state index >= 15 is 0 Å². The molecule has 0 saturated heterocycles. The molecule has 0 aliphatic heterocycles. The van der Waals surface area contributed by atoms with Crippen molar-refractivity contribution in [3.05, 3.63) is 81.8 Å². The van der Waals surface area contributed by atoms with E-state index in [0.717, 1.165) is 28.8 Å². The fraction of sp³-hybridized carbons (Fsp3) is 0.190. The van der Waals surface area contributed by atoms with Crippen LogP contribution in [0.25, 0.3) is 22.3 Å². The summed E-state index contributed by atoms with van der Waals surface area (Å²) in [4.78, 5) is 13.0. The van der Waals surface area contributed by atoms with Crippen LogP contribution in [0.15, 0.2) is 59.7 Å². The van der Waals surface area contributed by atoms with E-state index in [1.807, 2.05) is 32.0 Å². The fourth-order valence-corrected chi connectivity index (χ4v) is 2.89. The Bertz CT molecular complexity index is 1030. The van der Waals surface area contributed by atoms with E-state index < -0.39 is 11.7 Å². The number of hydrogen-bond acceptors (Lipinski definition) is 1. The molecule has 3 rings (SSSR count). The normalized spacial score (nSPS) is 11.6. The van der Waals surface area contributed by atoms with Gasteiger partial charge >= 0.3 is 6.18 Å². The van der Waals surface area contributed by atoms with Crippen LogP contribution in [-0.4, -0.2) is 4.57 Å². The lowest BCUT2D eigenvalue weighted by molar-refractivity contribution is -0.137. The van der Waals surface area contributed by atoms with Crippen LogP contribution in [0.2, 0.25) is 0 Å². The van der Waals surface area contributed by atoms with Gasteiger partial charge in [0.25, 0.3) is 0 Å². The van der Waals surface area contributed by atoms with E-state index in [1.54, 1.807) is 24.0 Å². The monoisotopic (exact) mass is 357 g/mol. The molecular formula is C21H18F3NO. The number of aromatic nitrogens is 1. The molecule has 0 bridgehead atoms. The predicted molar refractivity (Wildman–Crippen MR) is 97.0 cm³/mol. The van der Waals surface area contributed by atoms with Gasteiger partial charge in [-0.15, -0.1) is 0 Å². The Morgan fingerprint density at radius 1 is 0.846 bits per heavy atom. The molecule has 0 atom stereocenters. The van der Waals surface area contributed by atoms with E-state index in [-0.39, 0.29) is 16.6 Å². The molecule has 0 fully saturated rings. The van der Waals surface area contributed by atoms with E-state index in [4.69, 9.17) is 0 Å². The lowest BCUT2D eigenvalue weighted by atomic mass is 9.97. The third-order valence-corrected chi connectivity index (χ3v) is 4.47. The van der Waals surface area contributed by atoms with Crippen LogP contribution in [-0.2, 0) is 13.2 Å². The molecule has 2 nitrogen and oxygen atoms in total. The van der Waals surface area contributed by atoms with Gasteiger partial charge in [0.2, 0.25) is 0 Å². The van der Waals surface area contributed by atoms with E-state index in [0.29, 0.717) is 5.56 Å².